The monoisotopic (exact) mass is 865 g/mol. The van der Waals surface area contributed by atoms with E-state index in [0.717, 1.165) is 56.3 Å². The van der Waals surface area contributed by atoms with Crippen molar-refractivity contribution in [2.45, 2.75) is 12.8 Å². The van der Waals surface area contributed by atoms with Crippen LogP contribution in [-0.4, -0.2) is 15.1 Å². The number of hydrogen-bond acceptors (Lipinski definition) is 4. The molecular formula is C48H36N3OPt-. The summed E-state index contributed by atoms with van der Waals surface area (Å²) in [7, 11) is 0. The van der Waals surface area contributed by atoms with Crippen molar-refractivity contribution in [2.24, 2.45) is 0 Å². The Labute approximate surface area is 325 Å². The van der Waals surface area contributed by atoms with Crippen LogP contribution >= 0.6 is 0 Å². The number of hydrogen-bond donors (Lipinski definition) is 1. The Kier molecular flexibility index (Phi) is 10.7. The van der Waals surface area contributed by atoms with Gasteiger partial charge < -0.3 is 10.0 Å². The van der Waals surface area contributed by atoms with E-state index in [1.54, 1.807) is 6.07 Å². The number of benzene rings is 6. The van der Waals surface area contributed by atoms with Crippen LogP contribution in [0.2, 0.25) is 0 Å². The zero-order valence-electron chi connectivity index (χ0n) is 29.1. The van der Waals surface area contributed by atoms with Gasteiger partial charge in [-0.3, -0.25) is 4.98 Å². The van der Waals surface area contributed by atoms with Crippen molar-refractivity contribution in [1.82, 2.24) is 9.97 Å². The number of pyridine rings is 2. The van der Waals surface area contributed by atoms with E-state index in [1.165, 1.54) is 5.56 Å². The van der Waals surface area contributed by atoms with Gasteiger partial charge in [-0.25, -0.2) is 4.98 Å². The molecule has 1 N–H and O–H groups in total. The first-order chi connectivity index (χ1) is 25.6. The Morgan fingerprint density at radius 3 is 1.81 bits per heavy atom. The molecule has 8 rings (SSSR count). The molecule has 0 aliphatic heterocycles. The molecule has 0 fully saturated rings. The molecule has 0 bridgehead atoms. The van der Waals surface area contributed by atoms with Crippen LogP contribution < -0.4 is 4.90 Å². The van der Waals surface area contributed by atoms with Crippen molar-refractivity contribution < 1.29 is 26.2 Å². The maximum Gasteiger partial charge on any atom is 0.136 e. The summed E-state index contributed by atoms with van der Waals surface area (Å²) < 4.78 is 0. The first kappa shape index (κ1) is 35.3. The molecule has 6 aromatic carbocycles. The van der Waals surface area contributed by atoms with Crippen LogP contribution in [0.4, 0.5) is 17.2 Å². The first-order valence-electron chi connectivity index (χ1n) is 17.5. The Bertz CT molecular complexity index is 2440. The van der Waals surface area contributed by atoms with E-state index in [0.29, 0.717) is 11.3 Å². The summed E-state index contributed by atoms with van der Waals surface area (Å²) in [5.41, 5.74) is 11.3. The van der Waals surface area contributed by atoms with E-state index < -0.39 is 0 Å². The fourth-order valence-electron chi connectivity index (χ4n) is 6.64. The zero-order valence-corrected chi connectivity index (χ0v) is 31.4. The summed E-state index contributed by atoms with van der Waals surface area (Å²) in [5, 5.41) is 11.0. The Morgan fingerprint density at radius 1 is 0.547 bits per heavy atom. The van der Waals surface area contributed by atoms with E-state index in [1.807, 2.05) is 66.9 Å². The minimum Gasteiger partial charge on any atom is -0.507 e. The topological polar surface area (TPSA) is 49.2 Å². The molecule has 0 saturated carbocycles. The number of para-hydroxylation sites is 2. The SMILES string of the molecule is CC(c1ccccc1)c1cc(-c2[c-]c(N(c3ccccc3)c3cc(-c4ccccc4)ccn3)cc(-c3ccccc3)c2)nc(-c2ccccc2O)c1.[Pt]. The van der Waals surface area contributed by atoms with Crippen LogP contribution in [0.15, 0.2) is 188 Å². The summed E-state index contributed by atoms with van der Waals surface area (Å²) in [4.78, 5) is 12.3. The van der Waals surface area contributed by atoms with Crippen LogP contribution in [-0.2, 0) is 21.1 Å². The third-order valence-corrected chi connectivity index (χ3v) is 9.40. The smallest absolute Gasteiger partial charge is 0.136 e. The van der Waals surface area contributed by atoms with Gasteiger partial charge in [-0.05, 0) is 81.7 Å². The summed E-state index contributed by atoms with van der Waals surface area (Å²) in [6, 6.07) is 65.4. The molecule has 0 saturated heterocycles. The van der Waals surface area contributed by atoms with E-state index in [9.17, 15) is 5.11 Å². The largest absolute Gasteiger partial charge is 0.507 e. The van der Waals surface area contributed by atoms with Crippen LogP contribution in [0.3, 0.4) is 0 Å². The van der Waals surface area contributed by atoms with Crippen molar-refractivity contribution in [1.29, 1.82) is 0 Å². The maximum absolute atomic E-state index is 11.0. The van der Waals surface area contributed by atoms with Crippen LogP contribution in [0.5, 0.6) is 5.75 Å². The Balaban J connectivity index is 0.00000435. The average Bonchev–Trinajstić information content (AvgIpc) is 3.22. The fourth-order valence-corrected chi connectivity index (χ4v) is 6.64. The predicted octanol–water partition coefficient (Wildman–Crippen LogP) is 12.3. The van der Waals surface area contributed by atoms with Gasteiger partial charge in [0.1, 0.15) is 11.6 Å². The zero-order chi connectivity index (χ0) is 35.3. The summed E-state index contributed by atoms with van der Waals surface area (Å²) in [6.45, 7) is 2.21. The van der Waals surface area contributed by atoms with Gasteiger partial charge in [0, 0.05) is 44.4 Å². The molecule has 2 heterocycles. The Hall–Kier alpha value is -6.09. The minimum atomic E-state index is 0. The second kappa shape index (κ2) is 16.1. The van der Waals surface area contributed by atoms with E-state index in [2.05, 4.69) is 133 Å². The molecule has 0 aliphatic carbocycles. The molecule has 0 amide bonds. The van der Waals surface area contributed by atoms with Gasteiger partial charge in [0.05, 0.1) is 5.69 Å². The van der Waals surface area contributed by atoms with Gasteiger partial charge in [0.15, 0.2) is 0 Å². The molecule has 8 aromatic rings. The summed E-state index contributed by atoms with van der Waals surface area (Å²) >= 11 is 0. The normalized spacial score (nSPS) is 11.3. The van der Waals surface area contributed by atoms with Crippen molar-refractivity contribution in [2.75, 3.05) is 4.90 Å². The first-order valence-corrected chi connectivity index (χ1v) is 17.5. The van der Waals surface area contributed by atoms with Crippen LogP contribution in [0.1, 0.15) is 24.0 Å². The fraction of sp³-hybridized carbons (Fsp3) is 0.0417. The van der Waals surface area contributed by atoms with Gasteiger partial charge in [-0.1, -0.05) is 140 Å². The van der Waals surface area contributed by atoms with Crippen molar-refractivity contribution in [3.05, 3.63) is 205 Å². The van der Waals surface area contributed by atoms with Crippen molar-refractivity contribution in [3.63, 3.8) is 0 Å². The third kappa shape index (κ3) is 7.74. The minimum absolute atomic E-state index is 0. The van der Waals surface area contributed by atoms with E-state index in [-0.39, 0.29) is 32.7 Å². The number of aromatic hydroxyl groups is 1. The number of phenolic OH excluding ortho intramolecular Hbond substituents is 1. The maximum atomic E-state index is 11.0. The number of aromatic nitrogens is 2. The van der Waals surface area contributed by atoms with Crippen molar-refractivity contribution >= 4 is 17.2 Å². The molecule has 260 valence electrons. The van der Waals surface area contributed by atoms with Crippen LogP contribution in [0, 0.1) is 6.07 Å². The molecule has 53 heavy (non-hydrogen) atoms. The van der Waals surface area contributed by atoms with Gasteiger partial charge in [-0.15, -0.1) is 23.8 Å². The predicted molar refractivity (Wildman–Crippen MR) is 213 cm³/mol. The van der Waals surface area contributed by atoms with Crippen molar-refractivity contribution in [3.8, 4) is 50.5 Å². The molecule has 5 heteroatoms. The number of nitrogens with zero attached hydrogens (tertiary/aromatic N) is 3. The van der Waals surface area contributed by atoms with Gasteiger partial charge >= 0.3 is 0 Å². The average molecular weight is 866 g/mol. The van der Waals surface area contributed by atoms with Crippen LogP contribution in [0.25, 0.3) is 44.8 Å². The number of phenols is 1. The number of rotatable bonds is 9. The standard InChI is InChI=1S/C48H36N3O.Pt/c1-34(35-16-6-2-7-17-35)39-31-45(50-46(32-39)44-24-14-15-25-47(44)52)41-28-40(37-20-10-4-11-21-37)29-43(30-41)51(42-22-12-5-13-23-42)48-33-38(26-27-49-48)36-18-8-3-9-19-36;/h2-29,31-34,52H,1H3;/q-1;. The summed E-state index contributed by atoms with van der Waals surface area (Å²) in [6.07, 6.45) is 1.87. The molecule has 0 spiro atoms. The van der Waals surface area contributed by atoms with Gasteiger partial charge in [0.2, 0.25) is 0 Å². The quantitative estimate of drug-likeness (QED) is 0.147. The van der Waals surface area contributed by atoms with E-state index in [4.69, 9.17) is 9.97 Å². The molecule has 0 radical (unpaired) electrons. The molecule has 0 aliphatic rings. The van der Waals surface area contributed by atoms with Gasteiger partial charge in [-0.2, -0.15) is 0 Å². The third-order valence-electron chi connectivity index (χ3n) is 9.40. The molecular weight excluding hydrogens is 830 g/mol. The Morgan fingerprint density at radius 2 is 1.13 bits per heavy atom. The second-order valence-corrected chi connectivity index (χ2v) is 12.8. The molecule has 2 aromatic heterocycles. The second-order valence-electron chi connectivity index (χ2n) is 12.8. The molecule has 1 unspecified atom stereocenters. The van der Waals surface area contributed by atoms with Gasteiger partial charge in [0.25, 0.3) is 0 Å². The summed E-state index contributed by atoms with van der Waals surface area (Å²) in [5.74, 6) is 1.04. The molecule has 4 nitrogen and oxygen atoms in total. The van der Waals surface area contributed by atoms with E-state index >= 15 is 0 Å². The molecule has 1 atom stereocenters. The number of anilines is 3.